The number of anilines is 4. The quantitative estimate of drug-likeness (QED) is 0.236. The van der Waals surface area contributed by atoms with Crippen LogP contribution in [0.25, 0.3) is 11.3 Å². The fraction of sp³-hybridized carbons (Fsp3) is 0.241. The minimum atomic E-state index is -0.957. The lowest BCUT2D eigenvalue weighted by atomic mass is 9.92. The van der Waals surface area contributed by atoms with Crippen LogP contribution in [0.4, 0.5) is 23.1 Å². The van der Waals surface area contributed by atoms with Gasteiger partial charge in [-0.15, -0.1) is 0 Å². The number of hydrogen-bond acceptors (Lipinski definition) is 9. The van der Waals surface area contributed by atoms with E-state index in [-0.39, 0.29) is 18.7 Å². The molecule has 4 N–H and O–H groups in total. The van der Waals surface area contributed by atoms with Gasteiger partial charge in [0.15, 0.2) is 0 Å². The van der Waals surface area contributed by atoms with Gasteiger partial charge in [-0.1, -0.05) is 30.3 Å². The molecule has 1 atom stereocenters. The molecule has 3 aromatic heterocycles. The molecular formula is C29H30N8O3. The summed E-state index contributed by atoms with van der Waals surface area (Å²) in [7, 11) is 0. The number of nitrogens with one attached hydrogen (secondary N) is 3. The third-order valence-corrected chi connectivity index (χ3v) is 6.53. The van der Waals surface area contributed by atoms with Gasteiger partial charge in [0.05, 0.1) is 18.3 Å². The van der Waals surface area contributed by atoms with Crippen LogP contribution in [-0.2, 0) is 9.59 Å². The molecule has 11 nitrogen and oxygen atoms in total. The van der Waals surface area contributed by atoms with Crippen molar-refractivity contribution in [2.75, 3.05) is 41.7 Å². The van der Waals surface area contributed by atoms with Crippen molar-refractivity contribution in [3.63, 3.8) is 0 Å². The predicted octanol–water partition coefficient (Wildman–Crippen LogP) is 3.67. The molecule has 204 valence electrons. The second kappa shape index (κ2) is 12.8. The summed E-state index contributed by atoms with van der Waals surface area (Å²) in [6.07, 6.45) is 6.36. The maximum Gasteiger partial charge on any atom is 0.303 e. The fourth-order valence-electron chi connectivity index (χ4n) is 4.63. The SMILES string of the molecule is O=C(O)CC(CC(=O)Nc1cc(Nc2cnccn2)nc(-c2ccnc(N3CCNCC3)c2)c1)c1ccccc1. The number of carboxylic acid groups (broad SMARTS) is 1. The van der Waals surface area contributed by atoms with Crippen LogP contribution >= 0.6 is 0 Å². The number of rotatable bonds is 10. The van der Waals surface area contributed by atoms with E-state index < -0.39 is 11.9 Å². The largest absolute Gasteiger partial charge is 0.481 e. The number of hydrogen-bond donors (Lipinski definition) is 4. The lowest BCUT2D eigenvalue weighted by Gasteiger charge is -2.28. The summed E-state index contributed by atoms with van der Waals surface area (Å²) in [6, 6.07) is 16.6. The number of aromatic nitrogens is 4. The van der Waals surface area contributed by atoms with Crippen LogP contribution in [0.15, 0.2) is 79.4 Å². The van der Waals surface area contributed by atoms with Gasteiger partial charge in [-0.25, -0.2) is 15.0 Å². The molecule has 11 heteroatoms. The second-order valence-corrected chi connectivity index (χ2v) is 9.44. The van der Waals surface area contributed by atoms with Crippen molar-refractivity contribution in [3.05, 3.63) is 84.9 Å². The zero-order valence-electron chi connectivity index (χ0n) is 21.8. The normalized spacial score (nSPS) is 13.8. The zero-order valence-corrected chi connectivity index (χ0v) is 21.8. The average Bonchev–Trinajstić information content (AvgIpc) is 2.98. The summed E-state index contributed by atoms with van der Waals surface area (Å²) in [4.78, 5) is 44.6. The van der Waals surface area contributed by atoms with Crippen LogP contribution in [0, 0.1) is 0 Å². The molecule has 5 rings (SSSR count). The Morgan fingerprint density at radius 2 is 1.77 bits per heavy atom. The Morgan fingerprint density at radius 3 is 2.52 bits per heavy atom. The third kappa shape index (κ3) is 7.14. The highest BCUT2D eigenvalue weighted by Crippen LogP contribution is 2.29. The van der Waals surface area contributed by atoms with E-state index in [4.69, 9.17) is 4.98 Å². The van der Waals surface area contributed by atoms with Gasteiger partial charge in [0.25, 0.3) is 0 Å². The van der Waals surface area contributed by atoms with Crippen molar-refractivity contribution < 1.29 is 14.7 Å². The minimum Gasteiger partial charge on any atom is -0.481 e. The van der Waals surface area contributed by atoms with E-state index in [0.717, 1.165) is 43.1 Å². The van der Waals surface area contributed by atoms with Crippen LogP contribution < -0.4 is 20.9 Å². The number of nitrogens with zero attached hydrogens (tertiary/aromatic N) is 5. The van der Waals surface area contributed by atoms with Gasteiger partial charge in [0, 0.05) is 74.4 Å². The van der Waals surface area contributed by atoms with Crippen molar-refractivity contribution in [1.29, 1.82) is 0 Å². The summed E-state index contributed by atoms with van der Waals surface area (Å²) in [5.41, 5.74) is 2.80. The number of benzene rings is 1. The topological polar surface area (TPSA) is 145 Å². The van der Waals surface area contributed by atoms with Crippen LogP contribution in [0.1, 0.15) is 24.3 Å². The van der Waals surface area contributed by atoms with Gasteiger partial charge in [0.2, 0.25) is 5.91 Å². The van der Waals surface area contributed by atoms with Gasteiger partial charge < -0.3 is 26.0 Å². The molecule has 1 aromatic carbocycles. The first kappa shape index (κ1) is 26.7. The fourth-order valence-corrected chi connectivity index (χ4v) is 4.63. The van der Waals surface area contributed by atoms with E-state index in [9.17, 15) is 14.7 Å². The molecule has 0 aliphatic carbocycles. The van der Waals surface area contributed by atoms with Gasteiger partial charge >= 0.3 is 5.97 Å². The molecule has 1 amide bonds. The van der Waals surface area contributed by atoms with Gasteiger partial charge in [-0.2, -0.15) is 0 Å². The predicted molar refractivity (Wildman–Crippen MR) is 153 cm³/mol. The Kier molecular flexibility index (Phi) is 8.52. The van der Waals surface area contributed by atoms with Gasteiger partial charge in [-0.05, 0) is 23.8 Å². The minimum absolute atomic E-state index is 0.0172. The number of carbonyl (C=O) groups is 2. The number of aliphatic carboxylic acids is 1. The highest BCUT2D eigenvalue weighted by Gasteiger charge is 2.20. The highest BCUT2D eigenvalue weighted by atomic mass is 16.4. The van der Waals surface area contributed by atoms with E-state index in [2.05, 4.69) is 35.8 Å². The maximum atomic E-state index is 13.2. The Hall–Kier alpha value is -4.90. The van der Waals surface area contributed by atoms with Crippen LogP contribution in [-0.4, -0.2) is 63.1 Å². The molecule has 4 aromatic rings. The lowest BCUT2D eigenvalue weighted by Crippen LogP contribution is -2.43. The monoisotopic (exact) mass is 538 g/mol. The molecule has 0 bridgehead atoms. The first-order valence-electron chi connectivity index (χ1n) is 13.1. The molecule has 1 fully saturated rings. The molecule has 40 heavy (non-hydrogen) atoms. The molecule has 0 saturated carbocycles. The number of pyridine rings is 2. The Morgan fingerprint density at radius 1 is 0.950 bits per heavy atom. The van der Waals surface area contributed by atoms with Crippen molar-refractivity contribution in [1.82, 2.24) is 25.3 Å². The van der Waals surface area contributed by atoms with Crippen LogP contribution in [0.3, 0.4) is 0 Å². The van der Waals surface area contributed by atoms with Crippen molar-refractivity contribution in [2.24, 2.45) is 0 Å². The molecule has 0 spiro atoms. The first-order valence-corrected chi connectivity index (χ1v) is 13.1. The summed E-state index contributed by atoms with van der Waals surface area (Å²) in [5.74, 6) is 0.123. The van der Waals surface area contributed by atoms with E-state index in [0.29, 0.717) is 23.0 Å². The summed E-state index contributed by atoms with van der Waals surface area (Å²) >= 11 is 0. The van der Waals surface area contributed by atoms with E-state index in [1.54, 1.807) is 36.9 Å². The molecule has 1 unspecified atom stereocenters. The number of amides is 1. The average molecular weight is 539 g/mol. The lowest BCUT2D eigenvalue weighted by molar-refractivity contribution is -0.137. The molecule has 1 aliphatic rings. The van der Waals surface area contributed by atoms with Crippen molar-refractivity contribution >= 4 is 35.0 Å². The smallest absolute Gasteiger partial charge is 0.303 e. The molecule has 0 radical (unpaired) electrons. The molecule has 1 aliphatic heterocycles. The summed E-state index contributed by atoms with van der Waals surface area (Å²) in [6.45, 7) is 3.50. The van der Waals surface area contributed by atoms with Gasteiger partial charge in [-0.3, -0.25) is 14.6 Å². The van der Waals surface area contributed by atoms with Gasteiger partial charge in [0.1, 0.15) is 17.5 Å². The third-order valence-electron chi connectivity index (χ3n) is 6.53. The zero-order chi connectivity index (χ0) is 27.7. The highest BCUT2D eigenvalue weighted by molar-refractivity contribution is 5.93. The van der Waals surface area contributed by atoms with E-state index in [1.807, 2.05) is 42.5 Å². The van der Waals surface area contributed by atoms with E-state index >= 15 is 0 Å². The number of piperazine rings is 1. The van der Waals surface area contributed by atoms with Crippen molar-refractivity contribution in [2.45, 2.75) is 18.8 Å². The molecule has 1 saturated heterocycles. The Bertz CT molecular complexity index is 1450. The summed E-state index contributed by atoms with van der Waals surface area (Å²) < 4.78 is 0. The van der Waals surface area contributed by atoms with Crippen molar-refractivity contribution in [3.8, 4) is 11.3 Å². The van der Waals surface area contributed by atoms with E-state index in [1.165, 1.54) is 0 Å². The molecular weight excluding hydrogens is 508 g/mol. The number of carboxylic acids is 1. The van der Waals surface area contributed by atoms with Crippen LogP contribution in [0.5, 0.6) is 0 Å². The Balaban J connectivity index is 1.42. The standard InChI is InChI=1S/C29H30N8O3/c38-28(15-22(16-29(39)40)20-4-2-1-3-5-20)34-23-17-24(35-25(18-23)36-26-19-31-8-9-32-26)21-6-7-33-27(14-21)37-12-10-30-11-13-37/h1-9,14,17-19,22,30H,10-13,15-16H2,(H,39,40)(H2,32,34,35,36,38). The second-order valence-electron chi connectivity index (χ2n) is 9.44. The molecule has 4 heterocycles. The first-order chi connectivity index (χ1) is 19.5. The maximum absolute atomic E-state index is 13.2. The Labute approximate surface area is 231 Å². The number of carbonyl (C=O) groups excluding carboxylic acids is 1. The summed E-state index contributed by atoms with van der Waals surface area (Å²) in [5, 5.41) is 18.9. The van der Waals surface area contributed by atoms with Crippen LogP contribution in [0.2, 0.25) is 0 Å².